The summed E-state index contributed by atoms with van der Waals surface area (Å²) in [7, 11) is -3.11. The molecular formula is C26H31N3O6S2. The van der Waals surface area contributed by atoms with Gasteiger partial charge in [0.1, 0.15) is 5.75 Å². The summed E-state index contributed by atoms with van der Waals surface area (Å²) >= 11 is 0. The maximum Gasteiger partial charge on any atom is 0.243 e. The number of rotatable bonds is 12. The van der Waals surface area contributed by atoms with Gasteiger partial charge in [0.2, 0.25) is 26.0 Å². The number of hydrogen-bond donors (Lipinski definition) is 1. The zero-order chi connectivity index (χ0) is 27.1. The molecule has 198 valence electrons. The third-order valence-electron chi connectivity index (χ3n) is 5.70. The van der Waals surface area contributed by atoms with Gasteiger partial charge in [0.25, 0.3) is 0 Å². The molecule has 3 rings (SSSR count). The van der Waals surface area contributed by atoms with Gasteiger partial charge in [-0.25, -0.2) is 21.1 Å². The van der Waals surface area contributed by atoms with Crippen molar-refractivity contribution in [2.45, 2.75) is 22.8 Å². The molecule has 0 atom stereocenters. The molecule has 37 heavy (non-hydrogen) atoms. The van der Waals surface area contributed by atoms with E-state index in [1.807, 2.05) is 30.3 Å². The summed E-state index contributed by atoms with van der Waals surface area (Å²) in [4.78, 5) is 13.0. The molecule has 3 aromatic carbocycles. The average Bonchev–Trinajstić information content (AvgIpc) is 2.90. The standard InChI is InChI=1S/C26H31N3O6S2/c1-28(2)36(31,32)24-13-9-22(10-14-24)19-27-26(30)20-29(18-17-21-7-5-4-6-8-21)37(33,34)25-15-11-23(35-3)12-16-25/h4-16H,17-20H2,1-3H3,(H,27,30). The minimum absolute atomic E-state index is 0.0619. The topological polar surface area (TPSA) is 113 Å². The molecular weight excluding hydrogens is 514 g/mol. The van der Waals surface area contributed by atoms with Crippen LogP contribution in [0.4, 0.5) is 0 Å². The van der Waals surface area contributed by atoms with Crippen LogP contribution < -0.4 is 10.1 Å². The fourth-order valence-corrected chi connectivity index (χ4v) is 5.78. The minimum Gasteiger partial charge on any atom is -0.497 e. The highest BCUT2D eigenvalue weighted by molar-refractivity contribution is 7.89. The van der Waals surface area contributed by atoms with Gasteiger partial charge in [0.05, 0.1) is 23.4 Å². The van der Waals surface area contributed by atoms with Gasteiger partial charge < -0.3 is 10.1 Å². The zero-order valence-corrected chi connectivity index (χ0v) is 22.6. The van der Waals surface area contributed by atoms with Crippen LogP contribution in [-0.2, 0) is 37.8 Å². The smallest absolute Gasteiger partial charge is 0.243 e. The van der Waals surface area contributed by atoms with Crippen LogP contribution in [0.1, 0.15) is 11.1 Å². The van der Waals surface area contributed by atoms with E-state index >= 15 is 0 Å². The van der Waals surface area contributed by atoms with Gasteiger partial charge in [-0.3, -0.25) is 4.79 Å². The Balaban J connectivity index is 1.72. The van der Waals surface area contributed by atoms with E-state index in [0.29, 0.717) is 17.7 Å². The van der Waals surface area contributed by atoms with Gasteiger partial charge in [-0.05, 0) is 53.9 Å². The Kier molecular flexibility index (Phi) is 9.44. The maximum absolute atomic E-state index is 13.4. The van der Waals surface area contributed by atoms with Crippen LogP contribution in [0.2, 0.25) is 0 Å². The molecule has 9 nitrogen and oxygen atoms in total. The molecule has 0 saturated heterocycles. The number of benzene rings is 3. The van der Waals surface area contributed by atoms with Crippen molar-refractivity contribution < 1.29 is 26.4 Å². The summed E-state index contributed by atoms with van der Waals surface area (Å²) in [5.41, 5.74) is 1.63. The predicted molar refractivity (Wildman–Crippen MR) is 141 cm³/mol. The van der Waals surface area contributed by atoms with Crippen molar-refractivity contribution in [2.75, 3.05) is 34.3 Å². The van der Waals surface area contributed by atoms with E-state index < -0.39 is 26.0 Å². The first-order chi connectivity index (χ1) is 17.5. The maximum atomic E-state index is 13.4. The summed E-state index contributed by atoms with van der Waals surface area (Å²) in [5, 5.41) is 2.73. The fraction of sp³-hybridized carbons (Fsp3) is 0.269. The lowest BCUT2D eigenvalue weighted by Gasteiger charge is -2.22. The van der Waals surface area contributed by atoms with E-state index in [0.717, 1.165) is 14.2 Å². The molecule has 3 aromatic rings. The lowest BCUT2D eigenvalue weighted by Crippen LogP contribution is -2.41. The highest BCUT2D eigenvalue weighted by Crippen LogP contribution is 2.20. The predicted octanol–water partition coefficient (Wildman–Crippen LogP) is 2.50. The number of ether oxygens (including phenoxy) is 1. The molecule has 1 N–H and O–H groups in total. The lowest BCUT2D eigenvalue weighted by atomic mass is 10.1. The second-order valence-corrected chi connectivity index (χ2v) is 12.5. The van der Waals surface area contributed by atoms with Gasteiger partial charge >= 0.3 is 0 Å². The Labute approximate surface area is 218 Å². The number of methoxy groups -OCH3 is 1. The van der Waals surface area contributed by atoms with Crippen molar-refractivity contribution in [3.05, 3.63) is 90.0 Å². The van der Waals surface area contributed by atoms with Crippen molar-refractivity contribution in [3.8, 4) is 5.75 Å². The molecule has 0 heterocycles. The minimum atomic E-state index is -3.96. The number of carbonyl (C=O) groups excluding carboxylic acids is 1. The number of hydrogen-bond acceptors (Lipinski definition) is 6. The van der Waals surface area contributed by atoms with E-state index in [9.17, 15) is 21.6 Å². The van der Waals surface area contributed by atoms with Crippen molar-refractivity contribution in [1.82, 2.24) is 13.9 Å². The molecule has 0 spiro atoms. The van der Waals surface area contributed by atoms with Gasteiger partial charge in [0, 0.05) is 27.2 Å². The van der Waals surface area contributed by atoms with Crippen LogP contribution in [0, 0.1) is 0 Å². The summed E-state index contributed by atoms with van der Waals surface area (Å²) in [5.74, 6) is 0.0482. The van der Waals surface area contributed by atoms with Crippen molar-refractivity contribution in [1.29, 1.82) is 0 Å². The SMILES string of the molecule is COc1ccc(S(=O)(=O)N(CCc2ccccc2)CC(=O)NCc2ccc(S(=O)(=O)N(C)C)cc2)cc1. The van der Waals surface area contributed by atoms with E-state index in [1.165, 1.54) is 45.5 Å². The third-order valence-corrected chi connectivity index (χ3v) is 9.39. The lowest BCUT2D eigenvalue weighted by molar-refractivity contribution is -0.121. The quantitative estimate of drug-likeness (QED) is 0.374. The molecule has 0 aliphatic carbocycles. The van der Waals surface area contributed by atoms with E-state index in [4.69, 9.17) is 4.74 Å². The second-order valence-electron chi connectivity index (χ2n) is 8.46. The van der Waals surface area contributed by atoms with Gasteiger partial charge in [-0.2, -0.15) is 4.31 Å². The number of sulfonamides is 2. The Morgan fingerprint density at radius 3 is 1.92 bits per heavy atom. The fourth-order valence-electron chi connectivity index (χ4n) is 3.49. The van der Waals surface area contributed by atoms with Gasteiger partial charge in [-0.15, -0.1) is 0 Å². The average molecular weight is 546 g/mol. The molecule has 0 fully saturated rings. The first-order valence-electron chi connectivity index (χ1n) is 11.5. The largest absolute Gasteiger partial charge is 0.497 e. The Bertz CT molecular complexity index is 1390. The van der Waals surface area contributed by atoms with E-state index in [-0.39, 0.29) is 29.4 Å². The summed E-state index contributed by atoms with van der Waals surface area (Å²) in [6.07, 6.45) is 0.436. The number of carbonyl (C=O) groups is 1. The number of nitrogens with one attached hydrogen (secondary N) is 1. The molecule has 11 heteroatoms. The molecule has 0 bridgehead atoms. The van der Waals surface area contributed by atoms with Crippen LogP contribution >= 0.6 is 0 Å². The highest BCUT2D eigenvalue weighted by atomic mass is 32.2. The van der Waals surface area contributed by atoms with Crippen molar-refractivity contribution >= 4 is 26.0 Å². The molecule has 1 amide bonds. The number of nitrogens with zero attached hydrogens (tertiary/aromatic N) is 2. The summed E-state index contributed by atoms with van der Waals surface area (Å²) < 4.78 is 58.6. The monoisotopic (exact) mass is 545 g/mol. The Morgan fingerprint density at radius 1 is 0.784 bits per heavy atom. The van der Waals surface area contributed by atoms with Crippen LogP contribution in [0.5, 0.6) is 5.75 Å². The van der Waals surface area contributed by atoms with Gasteiger partial charge in [0.15, 0.2) is 0 Å². The van der Waals surface area contributed by atoms with Crippen LogP contribution in [0.3, 0.4) is 0 Å². The van der Waals surface area contributed by atoms with E-state index in [1.54, 1.807) is 24.3 Å². The summed E-state index contributed by atoms with van der Waals surface area (Å²) in [6.45, 7) is -0.132. The highest BCUT2D eigenvalue weighted by Gasteiger charge is 2.26. The first kappa shape index (κ1) is 28.3. The van der Waals surface area contributed by atoms with Crippen molar-refractivity contribution in [2.24, 2.45) is 0 Å². The molecule has 0 aliphatic rings. The first-order valence-corrected chi connectivity index (χ1v) is 14.4. The van der Waals surface area contributed by atoms with Gasteiger partial charge in [-0.1, -0.05) is 42.5 Å². The van der Waals surface area contributed by atoms with Crippen LogP contribution in [0.15, 0.2) is 88.7 Å². The molecule has 0 aromatic heterocycles. The normalized spacial score (nSPS) is 12.0. The zero-order valence-electron chi connectivity index (χ0n) is 21.0. The van der Waals surface area contributed by atoms with E-state index in [2.05, 4.69) is 5.32 Å². The van der Waals surface area contributed by atoms with Crippen LogP contribution in [0.25, 0.3) is 0 Å². The Morgan fingerprint density at radius 2 is 1.35 bits per heavy atom. The molecule has 0 radical (unpaired) electrons. The number of amides is 1. The Hall–Kier alpha value is -3.25. The van der Waals surface area contributed by atoms with Crippen LogP contribution in [-0.4, -0.2) is 65.6 Å². The molecule has 0 aliphatic heterocycles. The summed E-state index contributed by atoms with van der Waals surface area (Å²) in [6, 6.07) is 21.6. The molecule has 0 saturated carbocycles. The van der Waals surface area contributed by atoms with Crippen molar-refractivity contribution in [3.63, 3.8) is 0 Å². The third kappa shape index (κ3) is 7.39. The second kappa shape index (κ2) is 12.3. The molecule has 0 unspecified atom stereocenters.